The molecule has 1 amide bonds. The van der Waals surface area contributed by atoms with Crippen LogP contribution < -0.4 is 22.1 Å². The molecule has 19 heavy (non-hydrogen) atoms. The second-order valence-corrected chi connectivity index (χ2v) is 4.15. The quantitative estimate of drug-likeness (QED) is 0.592. The van der Waals surface area contributed by atoms with Crippen LogP contribution in [0, 0.1) is 0 Å². The number of rotatable bonds is 5. The molecule has 0 radical (unpaired) electrons. The van der Waals surface area contributed by atoms with E-state index < -0.39 is 5.76 Å². The van der Waals surface area contributed by atoms with Crippen molar-refractivity contribution in [3.05, 3.63) is 22.7 Å². The molecule has 1 heterocycles. The molecule has 0 aliphatic rings. The lowest BCUT2D eigenvalue weighted by atomic mass is 10.2. The fourth-order valence-corrected chi connectivity index (χ4v) is 1.67. The second kappa shape index (κ2) is 5.47. The molecule has 0 saturated heterocycles. The van der Waals surface area contributed by atoms with E-state index in [9.17, 15) is 9.59 Å². The number of amides is 1. The molecule has 0 unspecified atom stereocenters. The molecular formula is C12H16N4O3. The highest BCUT2D eigenvalue weighted by Gasteiger charge is 2.07. The third-order valence-electron chi connectivity index (χ3n) is 2.60. The van der Waals surface area contributed by atoms with Gasteiger partial charge in [0, 0.05) is 12.6 Å². The van der Waals surface area contributed by atoms with Crippen molar-refractivity contribution in [2.45, 2.75) is 13.3 Å². The van der Waals surface area contributed by atoms with E-state index in [0.717, 1.165) is 6.42 Å². The number of oxazole rings is 1. The van der Waals surface area contributed by atoms with E-state index in [4.69, 9.17) is 10.2 Å². The number of aromatic nitrogens is 1. The molecule has 7 nitrogen and oxygen atoms in total. The Labute approximate surface area is 109 Å². The number of anilines is 2. The zero-order valence-corrected chi connectivity index (χ0v) is 10.6. The number of fused-ring (bicyclic) bond motifs is 1. The first-order valence-electron chi connectivity index (χ1n) is 6.03. The van der Waals surface area contributed by atoms with Crippen LogP contribution in [0.4, 0.5) is 11.4 Å². The van der Waals surface area contributed by atoms with Crippen LogP contribution in [0.3, 0.4) is 0 Å². The number of hydrogen-bond acceptors (Lipinski definition) is 5. The van der Waals surface area contributed by atoms with Crippen LogP contribution in [0.25, 0.3) is 11.1 Å². The van der Waals surface area contributed by atoms with Gasteiger partial charge in [-0.1, -0.05) is 6.92 Å². The molecule has 0 fully saturated rings. The van der Waals surface area contributed by atoms with Gasteiger partial charge < -0.3 is 20.8 Å². The highest BCUT2D eigenvalue weighted by Crippen LogP contribution is 2.23. The minimum Gasteiger partial charge on any atom is -0.408 e. The number of nitrogen functional groups attached to an aromatic ring is 1. The standard InChI is InChI=1S/C12H16N4O3/c1-2-3-14-11(17)6-15-8-5-9-10(4-7(8)13)19-12(18)16-9/h4-5,15H,2-3,6,13H2,1H3,(H,14,17)(H,16,18). The summed E-state index contributed by atoms with van der Waals surface area (Å²) in [7, 11) is 0. The van der Waals surface area contributed by atoms with Crippen molar-refractivity contribution in [3.63, 3.8) is 0 Å². The number of carbonyl (C=O) groups excluding carboxylic acids is 1. The highest BCUT2D eigenvalue weighted by atomic mass is 16.4. The maximum atomic E-state index is 11.5. The third-order valence-corrected chi connectivity index (χ3v) is 2.60. The molecule has 0 spiro atoms. The van der Waals surface area contributed by atoms with Gasteiger partial charge in [0.1, 0.15) is 0 Å². The molecule has 0 bridgehead atoms. The summed E-state index contributed by atoms with van der Waals surface area (Å²) in [6, 6.07) is 3.18. The Balaban J connectivity index is 2.09. The maximum absolute atomic E-state index is 11.5. The predicted octanol–water partition coefficient (Wildman–Crippen LogP) is 0.641. The lowest BCUT2D eigenvalue weighted by molar-refractivity contribution is -0.119. The van der Waals surface area contributed by atoms with Crippen LogP contribution in [0.2, 0.25) is 0 Å². The normalized spacial score (nSPS) is 10.6. The minimum absolute atomic E-state index is 0.109. The van der Waals surface area contributed by atoms with Gasteiger partial charge in [-0.2, -0.15) is 0 Å². The average Bonchev–Trinajstić information content (AvgIpc) is 2.72. The van der Waals surface area contributed by atoms with Crippen molar-refractivity contribution >= 4 is 28.4 Å². The van der Waals surface area contributed by atoms with Gasteiger partial charge in [-0.15, -0.1) is 0 Å². The third kappa shape index (κ3) is 3.06. The predicted molar refractivity (Wildman–Crippen MR) is 73.0 cm³/mol. The van der Waals surface area contributed by atoms with Gasteiger partial charge in [-0.3, -0.25) is 9.78 Å². The van der Waals surface area contributed by atoms with Gasteiger partial charge in [0.05, 0.1) is 23.4 Å². The molecule has 0 saturated carbocycles. The molecule has 0 aliphatic heterocycles. The molecule has 2 rings (SSSR count). The van der Waals surface area contributed by atoms with E-state index >= 15 is 0 Å². The minimum atomic E-state index is -0.535. The summed E-state index contributed by atoms with van der Waals surface area (Å²) in [4.78, 5) is 25.0. The van der Waals surface area contributed by atoms with Crippen LogP contribution in [0.15, 0.2) is 21.3 Å². The first-order chi connectivity index (χ1) is 9.10. The number of carbonyl (C=O) groups is 1. The Kier molecular flexibility index (Phi) is 3.74. The largest absolute Gasteiger partial charge is 0.417 e. The molecule has 1 aromatic heterocycles. The summed E-state index contributed by atoms with van der Waals surface area (Å²) in [5.41, 5.74) is 7.74. The van der Waals surface area contributed by atoms with Crippen molar-refractivity contribution in [1.82, 2.24) is 10.3 Å². The summed E-state index contributed by atoms with van der Waals surface area (Å²) < 4.78 is 4.88. The molecule has 0 aliphatic carbocycles. The summed E-state index contributed by atoms with van der Waals surface area (Å²) in [5.74, 6) is -0.644. The maximum Gasteiger partial charge on any atom is 0.417 e. The van der Waals surface area contributed by atoms with Crippen LogP contribution in [0.1, 0.15) is 13.3 Å². The van der Waals surface area contributed by atoms with E-state index in [2.05, 4.69) is 15.6 Å². The van der Waals surface area contributed by atoms with Crippen molar-refractivity contribution < 1.29 is 9.21 Å². The zero-order valence-electron chi connectivity index (χ0n) is 10.6. The monoisotopic (exact) mass is 264 g/mol. The van der Waals surface area contributed by atoms with Gasteiger partial charge >= 0.3 is 5.76 Å². The molecule has 5 N–H and O–H groups in total. The first-order valence-corrected chi connectivity index (χ1v) is 6.03. The van der Waals surface area contributed by atoms with Crippen LogP contribution in [0.5, 0.6) is 0 Å². The fourth-order valence-electron chi connectivity index (χ4n) is 1.67. The Hall–Kier alpha value is -2.44. The van der Waals surface area contributed by atoms with E-state index in [-0.39, 0.29) is 12.5 Å². The van der Waals surface area contributed by atoms with Crippen LogP contribution in [-0.4, -0.2) is 24.0 Å². The molecule has 7 heteroatoms. The summed E-state index contributed by atoms with van der Waals surface area (Å²) in [5, 5.41) is 5.67. The lowest BCUT2D eigenvalue weighted by Crippen LogP contribution is -2.30. The molecule has 0 atom stereocenters. The van der Waals surface area contributed by atoms with Crippen molar-refractivity contribution in [2.24, 2.45) is 0 Å². The summed E-state index contributed by atoms with van der Waals surface area (Å²) in [6.07, 6.45) is 0.885. The lowest BCUT2D eigenvalue weighted by Gasteiger charge is -2.09. The fraction of sp³-hybridized carbons (Fsp3) is 0.333. The molecule has 2 aromatic rings. The van der Waals surface area contributed by atoms with Gasteiger partial charge in [0.25, 0.3) is 0 Å². The Morgan fingerprint density at radius 1 is 1.47 bits per heavy atom. The van der Waals surface area contributed by atoms with Crippen molar-refractivity contribution in [3.8, 4) is 0 Å². The summed E-state index contributed by atoms with van der Waals surface area (Å²) in [6.45, 7) is 2.75. The van der Waals surface area contributed by atoms with Crippen LogP contribution >= 0.6 is 0 Å². The molecular weight excluding hydrogens is 248 g/mol. The van der Waals surface area contributed by atoms with Gasteiger partial charge in [-0.05, 0) is 12.5 Å². The molecule has 1 aromatic carbocycles. The van der Waals surface area contributed by atoms with E-state index in [0.29, 0.717) is 29.0 Å². The van der Waals surface area contributed by atoms with Crippen molar-refractivity contribution in [1.29, 1.82) is 0 Å². The van der Waals surface area contributed by atoms with Gasteiger partial charge in [0.15, 0.2) is 5.58 Å². The number of hydrogen-bond donors (Lipinski definition) is 4. The number of aromatic amines is 1. The summed E-state index contributed by atoms with van der Waals surface area (Å²) >= 11 is 0. The highest BCUT2D eigenvalue weighted by molar-refractivity contribution is 5.87. The number of nitrogens with one attached hydrogen (secondary N) is 3. The first kappa shape index (κ1) is 13.0. The Morgan fingerprint density at radius 3 is 3.00 bits per heavy atom. The van der Waals surface area contributed by atoms with Gasteiger partial charge in [0.2, 0.25) is 5.91 Å². The zero-order chi connectivity index (χ0) is 13.8. The topological polar surface area (TPSA) is 113 Å². The number of nitrogens with two attached hydrogens (primary N) is 1. The Bertz CT molecular complexity index is 644. The average molecular weight is 264 g/mol. The van der Waals surface area contributed by atoms with Crippen LogP contribution in [-0.2, 0) is 4.79 Å². The Morgan fingerprint density at radius 2 is 2.26 bits per heavy atom. The smallest absolute Gasteiger partial charge is 0.408 e. The van der Waals surface area contributed by atoms with Gasteiger partial charge in [-0.25, -0.2) is 4.79 Å². The number of H-pyrrole nitrogens is 1. The van der Waals surface area contributed by atoms with E-state index in [1.807, 2.05) is 6.92 Å². The number of benzene rings is 1. The second-order valence-electron chi connectivity index (χ2n) is 4.15. The van der Waals surface area contributed by atoms with E-state index in [1.54, 1.807) is 12.1 Å². The SMILES string of the molecule is CCCNC(=O)CNc1cc2[nH]c(=O)oc2cc1N. The van der Waals surface area contributed by atoms with Crippen molar-refractivity contribution in [2.75, 3.05) is 24.1 Å². The molecule has 102 valence electrons. The van der Waals surface area contributed by atoms with E-state index in [1.165, 1.54) is 0 Å².